The van der Waals surface area contributed by atoms with Gasteiger partial charge < -0.3 is 15.4 Å². The van der Waals surface area contributed by atoms with Gasteiger partial charge in [-0.15, -0.1) is 0 Å². The minimum atomic E-state index is -0.670. The molecule has 0 aromatic heterocycles. The molecule has 0 saturated carbocycles. The molecule has 2 N–H and O–H groups in total. The van der Waals surface area contributed by atoms with E-state index in [2.05, 4.69) is 10.6 Å². The van der Waals surface area contributed by atoms with Crippen LogP contribution in [-0.4, -0.2) is 30.4 Å². The molecule has 0 heterocycles. The second-order valence-corrected chi connectivity index (χ2v) is 5.19. The van der Waals surface area contributed by atoms with Crippen LogP contribution in [0.4, 0.5) is 10.1 Å². The van der Waals surface area contributed by atoms with Crippen LogP contribution in [0.5, 0.6) is 5.75 Å². The van der Waals surface area contributed by atoms with E-state index in [1.165, 1.54) is 37.4 Å². The summed E-state index contributed by atoms with van der Waals surface area (Å²) in [7, 11) is 1.28. The molecular weight excluding hydrogens is 345 g/mol. The standard InChI is InChI=1S/C17H16FN3O5/c1-26-15-7-6-11(8-14(15)21(24)25)17(23)20-10-16(22)19-9-12-4-2-3-5-13(12)18/h2-8H,9-10H2,1H3,(H,19,22)(H,20,23). The molecule has 0 atom stereocenters. The monoisotopic (exact) mass is 361 g/mol. The van der Waals surface area contributed by atoms with Gasteiger partial charge in [0.05, 0.1) is 18.6 Å². The molecule has 0 unspecified atom stereocenters. The van der Waals surface area contributed by atoms with Gasteiger partial charge in [-0.2, -0.15) is 0 Å². The van der Waals surface area contributed by atoms with Crippen LogP contribution < -0.4 is 15.4 Å². The Balaban J connectivity index is 1.92. The lowest BCUT2D eigenvalue weighted by Crippen LogP contribution is -2.36. The van der Waals surface area contributed by atoms with Crippen LogP contribution in [0.15, 0.2) is 42.5 Å². The number of carbonyl (C=O) groups excluding carboxylic acids is 2. The molecule has 0 fully saturated rings. The summed E-state index contributed by atoms with van der Waals surface area (Å²) in [6, 6.07) is 9.69. The molecule has 0 bridgehead atoms. The average molecular weight is 361 g/mol. The Labute approximate surface area is 148 Å². The number of ether oxygens (including phenoxy) is 1. The summed E-state index contributed by atoms with van der Waals surface area (Å²) in [6.45, 7) is -0.373. The molecule has 0 aliphatic heterocycles. The number of hydrogen-bond donors (Lipinski definition) is 2. The predicted molar refractivity (Wildman–Crippen MR) is 90.2 cm³/mol. The van der Waals surface area contributed by atoms with Crippen molar-refractivity contribution in [1.82, 2.24) is 10.6 Å². The van der Waals surface area contributed by atoms with E-state index in [1.54, 1.807) is 6.07 Å². The zero-order chi connectivity index (χ0) is 19.1. The number of nitrogens with zero attached hydrogens (tertiary/aromatic N) is 1. The van der Waals surface area contributed by atoms with Crippen LogP contribution in [0.1, 0.15) is 15.9 Å². The lowest BCUT2D eigenvalue weighted by atomic mass is 10.1. The lowest BCUT2D eigenvalue weighted by molar-refractivity contribution is -0.385. The Kier molecular flexibility index (Phi) is 6.20. The van der Waals surface area contributed by atoms with Gasteiger partial charge in [0.15, 0.2) is 5.75 Å². The van der Waals surface area contributed by atoms with E-state index in [0.29, 0.717) is 5.56 Å². The molecule has 2 rings (SSSR count). The fourth-order valence-corrected chi connectivity index (χ4v) is 2.13. The van der Waals surface area contributed by atoms with E-state index in [1.807, 2.05) is 0 Å². The summed E-state index contributed by atoms with van der Waals surface area (Å²) in [5, 5.41) is 15.8. The van der Waals surface area contributed by atoms with Gasteiger partial charge in [-0.25, -0.2) is 4.39 Å². The van der Waals surface area contributed by atoms with Gasteiger partial charge in [-0.3, -0.25) is 19.7 Å². The maximum absolute atomic E-state index is 13.5. The first kappa shape index (κ1) is 18.8. The fraction of sp³-hybridized carbons (Fsp3) is 0.176. The molecule has 26 heavy (non-hydrogen) atoms. The zero-order valence-electron chi connectivity index (χ0n) is 13.8. The molecule has 0 spiro atoms. The summed E-state index contributed by atoms with van der Waals surface area (Å²) in [4.78, 5) is 34.1. The Bertz CT molecular complexity index is 841. The highest BCUT2D eigenvalue weighted by atomic mass is 19.1. The molecule has 2 aromatic rings. The van der Waals surface area contributed by atoms with E-state index in [0.717, 1.165) is 6.07 Å². The van der Waals surface area contributed by atoms with Gasteiger partial charge in [0.2, 0.25) is 5.91 Å². The number of methoxy groups -OCH3 is 1. The van der Waals surface area contributed by atoms with Crippen LogP contribution in [-0.2, 0) is 11.3 Å². The first-order valence-corrected chi connectivity index (χ1v) is 7.53. The lowest BCUT2D eigenvalue weighted by Gasteiger charge is -2.08. The van der Waals surface area contributed by atoms with Crippen molar-refractivity contribution in [3.63, 3.8) is 0 Å². The predicted octanol–water partition coefficient (Wildman–Crippen LogP) is 1.79. The molecule has 9 heteroatoms. The molecule has 0 radical (unpaired) electrons. The van der Waals surface area contributed by atoms with E-state index >= 15 is 0 Å². The molecular formula is C17H16FN3O5. The highest BCUT2D eigenvalue weighted by Crippen LogP contribution is 2.27. The normalized spacial score (nSPS) is 10.1. The fourth-order valence-electron chi connectivity index (χ4n) is 2.13. The highest BCUT2D eigenvalue weighted by Gasteiger charge is 2.18. The van der Waals surface area contributed by atoms with E-state index in [-0.39, 0.29) is 30.1 Å². The smallest absolute Gasteiger partial charge is 0.311 e. The largest absolute Gasteiger partial charge is 0.490 e. The van der Waals surface area contributed by atoms with Gasteiger partial charge in [0, 0.05) is 23.7 Å². The number of rotatable bonds is 7. The van der Waals surface area contributed by atoms with Crippen LogP contribution in [0.2, 0.25) is 0 Å². The van der Waals surface area contributed by atoms with Crippen LogP contribution >= 0.6 is 0 Å². The molecule has 2 aromatic carbocycles. The number of nitro benzene ring substituents is 1. The summed E-state index contributed by atoms with van der Waals surface area (Å²) in [6.07, 6.45) is 0. The number of carbonyl (C=O) groups is 2. The van der Waals surface area contributed by atoms with Crippen molar-refractivity contribution in [3.05, 3.63) is 69.5 Å². The van der Waals surface area contributed by atoms with Gasteiger partial charge in [0.25, 0.3) is 5.91 Å². The minimum Gasteiger partial charge on any atom is -0.490 e. The molecule has 0 aliphatic carbocycles. The molecule has 136 valence electrons. The second-order valence-electron chi connectivity index (χ2n) is 5.19. The maximum atomic E-state index is 13.5. The topological polar surface area (TPSA) is 111 Å². The number of hydrogen-bond acceptors (Lipinski definition) is 5. The maximum Gasteiger partial charge on any atom is 0.311 e. The Morgan fingerprint density at radius 3 is 2.58 bits per heavy atom. The van der Waals surface area contributed by atoms with E-state index in [9.17, 15) is 24.1 Å². The molecule has 0 aliphatic rings. The first-order valence-electron chi connectivity index (χ1n) is 7.53. The Morgan fingerprint density at radius 1 is 1.19 bits per heavy atom. The second kappa shape index (κ2) is 8.56. The highest BCUT2D eigenvalue weighted by molar-refractivity contribution is 5.97. The van der Waals surface area contributed by atoms with Gasteiger partial charge in [-0.1, -0.05) is 18.2 Å². The van der Waals surface area contributed by atoms with Gasteiger partial charge >= 0.3 is 5.69 Å². The zero-order valence-corrected chi connectivity index (χ0v) is 13.8. The third-order valence-corrected chi connectivity index (χ3v) is 3.48. The SMILES string of the molecule is COc1ccc(C(=O)NCC(=O)NCc2ccccc2F)cc1[N+](=O)[O-]. The number of nitrogens with one attached hydrogen (secondary N) is 2. The number of amides is 2. The number of halogens is 1. The molecule has 0 saturated heterocycles. The van der Waals surface area contributed by atoms with Crippen molar-refractivity contribution in [2.24, 2.45) is 0 Å². The third-order valence-electron chi connectivity index (χ3n) is 3.48. The Hall–Kier alpha value is -3.49. The van der Waals surface area contributed by atoms with Crippen molar-refractivity contribution >= 4 is 17.5 Å². The van der Waals surface area contributed by atoms with E-state index < -0.39 is 22.6 Å². The number of benzene rings is 2. The van der Waals surface area contributed by atoms with Crippen LogP contribution in [0.3, 0.4) is 0 Å². The quantitative estimate of drug-likeness (QED) is 0.577. The molecule has 2 amide bonds. The van der Waals surface area contributed by atoms with Crippen molar-refractivity contribution in [2.45, 2.75) is 6.54 Å². The average Bonchev–Trinajstić information content (AvgIpc) is 2.64. The number of nitro groups is 1. The van der Waals surface area contributed by atoms with Crippen molar-refractivity contribution in [3.8, 4) is 5.75 Å². The van der Waals surface area contributed by atoms with E-state index in [4.69, 9.17) is 4.74 Å². The Morgan fingerprint density at radius 2 is 1.92 bits per heavy atom. The minimum absolute atomic E-state index is 0.0133. The van der Waals surface area contributed by atoms with Crippen LogP contribution in [0.25, 0.3) is 0 Å². The first-order chi connectivity index (χ1) is 12.4. The van der Waals surface area contributed by atoms with Crippen LogP contribution in [0, 0.1) is 15.9 Å². The summed E-state index contributed by atoms with van der Waals surface area (Å²) in [5.41, 5.74) is -0.0264. The van der Waals surface area contributed by atoms with Gasteiger partial charge in [0.1, 0.15) is 5.82 Å². The van der Waals surface area contributed by atoms with Crippen molar-refractivity contribution in [1.29, 1.82) is 0 Å². The third kappa shape index (κ3) is 4.76. The summed E-state index contributed by atoms with van der Waals surface area (Å²) < 4.78 is 18.3. The summed E-state index contributed by atoms with van der Waals surface area (Å²) >= 11 is 0. The van der Waals surface area contributed by atoms with Gasteiger partial charge in [-0.05, 0) is 18.2 Å². The molecule has 8 nitrogen and oxygen atoms in total. The summed E-state index contributed by atoms with van der Waals surface area (Å²) in [5.74, 6) is -1.60. The van der Waals surface area contributed by atoms with Crippen molar-refractivity contribution < 1.29 is 23.6 Å². The van der Waals surface area contributed by atoms with Crippen molar-refractivity contribution in [2.75, 3.05) is 13.7 Å².